The molecular weight excluding hydrogens is 751 g/mol. The molecular formula is C54H35N5S. The second-order valence-corrected chi connectivity index (χ2v) is 17.5. The summed E-state index contributed by atoms with van der Waals surface area (Å²) >= 11 is 1.80. The van der Waals surface area contributed by atoms with Gasteiger partial charge < -0.3 is 4.57 Å². The molecule has 1 aliphatic rings. The number of aromatic nitrogens is 5. The van der Waals surface area contributed by atoms with Crippen molar-refractivity contribution in [3.8, 4) is 45.5 Å². The maximum atomic E-state index is 5.34. The molecule has 282 valence electrons. The van der Waals surface area contributed by atoms with Gasteiger partial charge in [0.1, 0.15) is 0 Å². The zero-order chi connectivity index (χ0) is 39.7. The van der Waals surface area contributed by atoms with Gasteiger partial charge in [0.05, 0.1) is 22.1 Å². The fraction of sp³-hybridized carbons (Fsp3) is 0.0556. The van der Waals surface area contributed by atoms with Crippen molar-refractivity contribution in [1.29, 1.82) is 0 Å². The van der Waals surface area contributed by atoms with Crippen LogP contribution in [0.25, 0.3) is 109 Å². The van der Waals surface area contributed by atoms with Crippen molar-refractivity contribution in [2.24, 2.45) is 0 Å². The van der Waals surface area contributed by atoms with E-state index in [1.165, 1.54) is 64.2 Å². The van der Waals surface area contributed by atoms with Gasteiger partial charge in [-0.1, -0.05) is 141 Å². The fourth-order valence-electron chi connectivity index (χ4n) is 10.1. The number of fused-ring (bicyclic) bond motifs is 13. The molecule has 4 heterocycles. The van der Waals surface area contributed by atoms with E-state index in [0.29, 0.717) is 17.6 Å². The zero-order valence-electron chi connectivity index (χ0n) is 32.9. The van der Waals surface area contributed by atoms with Crippen molar-refractivity contribution < 1.29 is 0 Å². The van der Waals surface area contributed by atoms with Crippen molar-refractivity contribution in [2.75, 3.05) is 0 Å². The Kier molecular flexibility index (Phi) is 6.88. The van der Waals surface area contributed by atoms with Gasteiger partial charge >= 0.3 is 0 Å². The van der Waals surface area contributed by atoms with Gasteiger partial charge in [0, 0.05) is 63.9 Å². The monoisotopic (exact) mass is 785 g/mol. The average molecular weight is 786 g/mol. The van der Waals surface area contributed by atoms with Gasteiger partial charge in [-0.2, -0.15) is 9.97 Å². The first kappa shape index (κ1) is 33.6. The Balaban J connectivity index is 1.04. The molecule has 0 amide bonds. The number of nitrogens with zero attached hydrogens (tertiary/aromatic N) is 5. The van der Waals surface area contributed by atoms with Crippen molar-refractivity contribution in [2.45, 2.75) is 19.3 Å². The third-order valence-electron chi connectivity index (χ3n) is 12.8. The summed E-state index contributed by atoms with van der Waals surface area (Å²) in [7, 11) is 0. The van der Waals surface area contributed by atoms with Gasteiger partial charge in [-0.15, -0.1) is 11.3 Å². The SMILES string of the molecule is CC1(C)c2ccccc2-c2ccc3c(c21)c1ccccc1n3-c1cccc(-c2nc(-c3ccc4c(c3)sc3ccccc34)nc(-n3c4ccccc4c4ccccc43)n2)c1. The highest BCUT2D eigenvalue weighted by molar-refractivity contribution is 7.25. The number of para-hydroxylation sites is 3. The molecule has 6 heteroatoms. The van der Waals surface area contributed by atoms with Gasteiger partial charge in [-0.3, -0.25) is 4.57 Å². The summed E-state index contributed by atoms with van der Waals surface area (Å²) in [5, 5.41) is 7.40. The molecule has 0 saturated heterocycles. The third kappa shape index (κ3) is 4.65. The Morgan fingerprint density at radius 1 is 0.433 bits per heavy atom. The minimum atomic E-state index is -0.147. The van der Waals surface area contributed by atoms with Crippen LogP contribution in [0, 0.1) is 0 Å². The van der Waals surface area contributed by atoms with Crippen LogP contribution in [0.3, 0.4) is 0 Å². The van der Waals surface area contributed by atoms with Gasteiger partial charge in [0.25, 0.3) is 0 Å². The first-order valence-electron chi connectivity index (χ1n) is 20.4. The van der Waals surface area contributed by atoms with E-state index in [-0.39, 0.29) is 5.41 Å². The Bertz CT molecular complexity index is 3720. The van der Waals surface area contributed by atoms with Gasteiger partial charge in [0.15, 0.2) is 11.6 Å². The molecule has 0 saturated carbocycles. The lowest BCUT2D eigenvalue weighted by atomic mass is 9.80. The van der Waals surface area contributed by atoms with Crippen LogP contribution in [0.5, 0.6) is 0 Å². The number of rotatable bonds is 4. The van der Waals surface area contributed by atoms with Crippen LogP contribution >= 0.6 is 11.3 Å². The van der Waals surface area contributed by atoms with Crippen LogP contribution in [0.2, 0.25) is 0 Å². The molecule has 1 aliphatic carbocycles. The summed E-state index contributed by atoms with van der Waals surface area (Å²) in [5.41, 5.74) is 12.7. The molecule has 0 unspecified atom stereocenters. The second kappa shape index (κ2) is 12.3. The molecule has 12 aromatic rings. The molecule has 4 aromatic heterocycles. The normalized spacial score (nSPS) is 13.3. The lowest BCUT2D eigenvalue weighted by molar-refractivity contribution is 0.666. The Labute approximate surface area is 349 Å². The van der Waals surface area contributed by atoms with Gasteiger partial charge in [0.2, 0.25) is 5.95 Å². The number of hydrogen-bond acceptors (Lipinski definition) is 4. The van der Waals surface area contributed by atoms with E-state index >= 15 is 0 Å². The molecule has 0 atom stereocenters. The molecule has 0 bridgehead atoms. The van der Waals surface area contributed by atoms with E-state index in [4.69, 9.17) is 15.0 Å². The van der Waals surface area contributed by atoms with Crippen LogP contribution in [0.15, 0.2) is 176 Å². The molecule has 0 fully saturated rings. The standard InChI is InChI=1S/C54H35N5S/c1-54(2)42-21-8-3-16-35(42)40-28-29-46-49(50(40)54)41-20-6-11-24-45(41)58(46)34-15-13-14-32(30-34)51-55-52(33-26-27-39-38-19-7-12-25-47(38)60-48(39)31-33)57-53(56-51)59-43-22-9-4-17-36(43)37-18-5-10-23-44(37)59/h3-31H,1-2H3. The molecule has 0 spiro atoms. The van der Waals surface area contributed by atoms with Gasteiger partial charge in [-0.25, -0.2) is 4.98 Å². The minimum Gasteiger partial charge on any atom is -0.309 e. The van der Waals surface area contributed by atoms with Crippen LogP contribution in [-0.4, -0.2) is 24.1 Å². The zero-order valence-corrected chi connectivity index (χ0v) is 33.7. The Morgan fingerprint density at radius 2 is 1.05 bits per heavy atom. The van der Waals surface area contributed by atoms with Crippen molar-refractivity contribution in [1.82, 2.24) is 24.1 Å². The first-order chi connectivity index (χ1) is 29.5. The highest BCUT2D eigenvalue weighted by Crippen LogP contribution is 2.53. The third-order valence-corrected chi connectivity index (χ3v) is 13.9. The predicted octanol–water partition coefficient (Wildman–Crippen LogP) is 14.1. The topological polar surface area (TPSA) is 48.5 Å². The number of thiophene rings is 1. The molecule has 5 nitrogen and oxygen atoms in total. The van der Waals surface area contributed by atoms with Crippen molar-refractivity contribution in [3.63, 3.8) is 0 Å². The summed E-state index contributed by atoms with van der Waals surface area (Å²) in [6.45, 7) is 4.74. The van der Waals surface area contributed by atoms with Crippen molar-refractivity contribution >= 4 is 75.1 Å². The van der Waals surface area contributed by atoms with Crippen LogP contribution in [-0.2, 0) is 5.41 Å². The van der Waals surface area contributed by atoms with E-state index in [9.17, 15) is 0 Å². The average Bonchev–Trinajstić information content (AvgIpc) is 4.01. The van der Waals surface area contributed by atoms with E-state index < -0.39 is 0 Å². The van der Waals surface area contributed by atoms with E-state index in [2.05, 4.69) is 199 Å². The molecule has 8 aromatic carbocycles. The maximum absolute atomic E-state index is 5.34. The summed E-state index contributed by atoms with van der Waals surface area (Å²) in [4.78, 5) is 15.9. The first-order valence-corrected chi connectivity index (χ1v) is 21.3. The largest absolute Gasteiger partial charge is 0.309 e. The van der Waals surface area contributed by atoms with Crippen LogP contribution < -0.4 is 0 Å². The van der Waals surface area contributed by atoms with E-state index in [0.717, 1.165) is 38.6 Å². The quantitative estimate of drug-likeness (QED) is 0.179. The Hall–Kier alpha value is -7.41. The number of benzene rings is 8. The van der Waals surface area contributed by atoms with E-state index in [1.807, 2.05) is 0 Å². The summed E-state index contributed by atoms with van der Waals surface area (Å²) in [6.07, 6.45) is 0. The highest BCUT2D eigenvalue weighted by atomic mass is 32.1. The lowest BCUT2D eigenvalue weighted by Gasteiger charge is -2.22. The molecule has 60 heavy (non-hydrogen) atoms. The summed E-state index contributed by atoms with van der Waals surface area (Å²) < 4.78 is 7.08. The number of hydrogen-bond donors (Lipinski definition) is 0. The molecule has 13 rings (SSSR count). The fourth-order valence-corrected chi connectivity index (χ4v) is 11.3. The van der Waals surface area contributed by atoms with Gasteiger partial charge in [-0.05, 0) is 70.8 Å². The predicted molar refractivity (Wildman–Crippen MR) is 250 cm³/mol. The maximum Gasteiger partial charge on any atom is 0.238 e. The lowest BCUT2D eigenvalue weighted by Crippen LogP contribution is -2.15. The smallest absolute Gasteiger partial charge is 0.238 e. The van der Waals surface area contributed by atoms with E-state index in [1.54, 1.807) is 11.3 Å². The van der Waals surface area contributed by atoms with Crippen LogP contribution in [0.4, 0.5) is 0 Å². The summed E-state index contributed by atoms with van der Waals surface area (Å²) in [5.74, 6) is 1.84. The van der Waals surface area contributed by atoms with Crippen LogP contribution in [0.1, 0.15) is 25.0 Å². The molecule has 0 radical (unpaired) electrons. The minimum absolute atomic E-state index is 0.147. The highest BCUT2D eigenvalue weighted by Gasteiger charge is 2.38. The second-order valence-electron chi connectivity index (χ2n) is 16.4. The summed E-state index contributed by atoms with van der Waals surface area (Å²) in [6, 6.07) is 63.3. The Morgan fingerprint density at radius 3 is 1.82 bits per heavy atom. The molecule has 0 N–H and O–H groups in total. The van der Waals surface area contributed by atoms with Crippen molar-refractivity contribution in [3.05, 3.63) is 187 Å². The molecule has 0 aliphatic heterocycles.